The summed E-state index contributed by atoms with van der Waals surface area (Å²) in [5, 5.41) is 3.51. The Morgan fingerprint density at radius 2 is 1.95 bits per heavy atom. The Morgan fingerprint density at radius 3 is 2.73 bits per heavy atom. The monoisotopic (exact) mass is 297 g/mol. The van der Waals surface area contributed by atoms with Crippen LogP contribution in [-0.4, -0.2) is 5.91 Å². The van der Waals surface area contributed by atoms with E-state index in [1.165, 1.54) is 12.1 Å². The summed E-state index contributed by atoms with van der Waals surface area (Å²) in [4.78, 5) is 12.1. The van der Waals surface area contributed by atoms with Crippen molar-refractivity contribution in [2.24, 2.45) is 0 Å². The Hall–Kier alpha value is -2.62. The first-order valence-electron chi connectivity index (χ1n) is 7.07. The SMILES string of the molecule is Cc1ccc2c(CC(=O)Nc3ccccc3F)coc2c1C. The molecule has 1 aromatic heterocycles. The summed E-state index contributed by atoms with van der Waals surface area (Å²) in [5.41, 5.74) is 4.00. The van der Waals surface area contributed by atoms with E-state index in [9.17, 15) is 9.18 Å². The predicted molar refractivity (Wildman–Crippen MR) is 84.4 cm³/mol. The highest BCUT2D eigenvalue weighted by molar-refractivity contribution is 5.96. The van der Waals surface area contributed by atoms with E-state index < -0.39 is 5.82 Å². The largest absolute Gasteiger partial charge is 0.464 e. The summed E-state index contributed by atoms with van der Waals surface area (Å²) in [6.07, 6.45) is 1.74. The van der Waals surface area contributed by atoms with E-state index >= 15 is 0 Å². The fourth-order valence-corrected chi connectivity index (χ4v) is 2.46. The lowest BCUT2D eigenvalue weighted by Crippen LogP contribution is -2.15. The normalized spacial score (nSPS) is 10.9. The molecule has 0 radical (unpaired) electrons. The van der Waals surface area contributed by atoms with Gasteiger partial charge in [-0.05, 0) is 37.1 Å². The van der Waals surface area contributed by atoms with Gasteiger partial charge in [0.25, 0.3) is 0 Å². The van der Waals surface area contributed by atoms with Crippen molar-refractivity contribution in [1.82, 2.24) is 0 Å². The number of carbonyl (C=O) groups is 1. The number of carbonyl (C=O) groups excluding carboxylic acids is 1. The number of para-hydroxylation sites is 1. The van der Waals surface area contributed by atoms with Crippen molar-refractivity contribution in [3.05, 3.63) is 65.2 Å². The summed E-state index contributed by atoms with van der Waals surface area (Å²) in [5.74, 6) is -0.717. The smallest absolute Gasteiger partial charge is 0.229 e. The second-order valence-electron chi connectivity index (χ2n) is 5.35. The molecule has 0 saturated heterocycles. The van der Waals surface area contributed by atoms with Crippen LogP contribution >= 0.6 is 0 Å². The van der Waals surface area contributed by atoms with Crippen molar-refractivity contribution in [3.63, 3.8) is 0 Å². The van der Waals surface area contributed by atoms with Gasteiger partial charge in [-0.2, -0.15) is 0 Å². The van der Waals surface area contributed by atoms with E-state index in [-0.39, 0.29) is 18.0 Å². The van der Waals surface area contributed by atoms with Gasteiger partial charge in [0.05, 0.1) is 18.4 Å². The highest BCUT2D eigenvalue weighted by atomic mass is 19.1. The van der Waals surface area contributed by atoms with Gasteiger partial charge < -0.3 is 9.73 Å². The molecule has 3 rings (SSSR count). The summed E-state index contributed by atoms with van der Waals surface area (Å²) >= 11 is 0. The molecule has 1 amide bonds. The molecule has 0 bridgehead atoms. The number of nitrogens with one attached hydrogen (secondary N) is 1. The van der Waals surface area contributed by atoms with Crippen LogP contribution in [0.25, 0.3) is 11.0 Å². The Morgan fingerprint density at radius 1 is 1.18 bits per heavy atom. The lowest BCUT2D eigenvalue weighted by Gasteiger charge is -2.05. The molecule has 0 atom stereocenters. The first-order chi connectivity index (χ1) is 10.6. The van der Waals surface area contributed by atoms with Gasteiger partial charge in [-0.25, -0.2) is 4.39 Å². The van der Waals surface area contributed by atoms with E-state index in [0.29, 0.717) is 0 Å². The Bertz CT molecular complexity index is 851. The minimum atomic E-state index is -0.445. The van der Waals surface area contributed by atoms with Crippen LogP contribution in [0.1, 0.15) is 16.7 Å². The zero-order chi connectivity index (χ0) is 15.7. The number of anilines is 1. The lowest BCUT2D eigenvalue weighted by atomic mass is 10.0. The molecule has 0 aliphatic carbocycles. The molecule has 0 aliphatic rings. The number of benzene rings is 2. The van der Waals surface area contributed by atoms with Crippen molar-refractivity contribution >= 4 is 22.6 Å². The lowest BCUT2D eigenvalue weighted by molar-refractivity contribution is -0.115. The highest BCUT2D eigenvalue weighted by Crippen LogP contribution is 2.27. The molecular weight excluding hydrogens is 281 g/mol. The molecule has 3 nitrogen and oxygen atoms in total. The maximum atomic E-state index is 13.5. The van der Waals surface area contributed by atoms with Gasteiger partial charge in [0.15, 0.2) is 0 Å². The molecule has 0 unspecified atom stereocenters. The summed E-state index contributed by atoms with van der Waals surface area (Å²) in [6.45, 7) is 4.01. The van der Waals surface area contributed by atoms with E-state index in [1.807, 2.05) is 26.0 Å². The van der Waals surface area contributed by atoms with E-state index in [1.54, 1.807) is 18.4 Å². The third-order valence-corrected chi connectivity index (χ3v) is 3.84. The summed E-state index contributed by atoms with van der Waals surface area (Å²) < 4.78 is 19.1. The Labute approximate surface area is 127 Å². The molecule has 0 aliphatic heterocycles. The van der Waals surface area contributed by atoms with E-state index in [2.05, 4.69) is 5.32 Å². The van der Waals surface area contributed by atoms with Crippen molar-refractivity contribution in [2.75, 3.05) is 5.32 Å². The van der Waals surface area contributed by atoms with Gasteiger partial charge in [0.2, 0.25) is 5.91 Å². The molecule has 0 spiro atoms. The molecule has 22 heavy (non-hydrogen) atoms. The third kappa shape index (κ3) is 2.60. The molecule has 0 fully saturated rings. The van der Waals surface area contributed by atoms with Gasteiger partial charge in [0.1, 0.15) is 11.4 Å². The molecule has 112 valence electrons. The highest BCUT2D eigenvalue weighted by Gasteiger charge is 2.13. The fraction of sp³-hybridized carbons (Fsp3) is 0.167. The van der Waals surface area contributed by atoms with E-state index in [0.717, 1.165) is 27.7 Å². The minimum Gasteiger partial charge on any atom is -0.464 e. The Balaban J connectivity index is 1.83. The topological polar surface area (TPSA) is 42.2 Å². The number of hydrogen-bond donors (Lipinski definition) is 1. The van der Waals surface area contributed by atoms with E-state index in [4.69, 9.17) is 4.42 Å². The van der Waals surface area contributed by atoms with Gasteiger partial charge >= 0.3 is 0 Å². The summed E-state index contributed by atoms with van der Waals surface area (Å²) in [7, 11) is 0. The zero-order valence-electron chi connectivity index (χ0n) is 12.4. The molecule has 2 aromatic carbocycles. The second kappa shape index (κ2) is 5.64. The van der Waals surface area contributed by atoms with Crippen molar-refractivity contribution < 1.29 is 13.6 Å². The predicted octanol–water partition coefficient (Wildman–Crippen LogP) is 4.37. The fourth-order valence-electron chi connectivity index (χ4n) is 2.46. The number of halogens is 1. The zero-order valence-corrected chi connectivity index (χ0v) is 12.4. The number of rotatable bonds is 3. The van der Waals surface area contributed by atoms with Crippen molar-refractivity contribution in [2.45, 2.75) is 20.3 Å². The van der Waals surface area contributed by atoms with Crippen molar-refractivity contribution in [3.8, 4) is 0 Å². The first-order valence-corrected chi connectivity index (χ1v) is 7.07. The minimum absolute atomic E-state index is 0.143. The first kappa shape index (κ1) is 14.3. The molecule has 4 heteroatoms. The number of hydrogen-bond acceptors (Lipinski definition) is 2. The van der Waals surface area contributed by atoms with Crippen LogP contribution in [0.5, 0.6) is 0 Å². The number of aryl methyl sites for hydroxylation is 2. The van der Waals surface area contributed by atoms with Crippen LogP contribution in [0, 0.1) is 19.7 Å². The average molecular weight is 297 g/mol. The maximum Gasteiger partial charge on any atom is 0.229 e. The van der Waals surface area contributed by atoms with Crippen LogP contribution in [0.4, 0.5) is 10.1 Å². The number of fused-ring (bicyclic) bond motifs is 1. The van der Waals surface area contributed by atoms with Gasteiger partial charge in [-0.15, -0.1) is 0 Å². The van der Waals surface area contributed by atoms with Crippen molar-refractivity contribution in [1.29, 1.82) is 0 Å². The molecule has 1 N–H and O–H groups in total. The van der Waals surface area contributed by atoms with Crippen LogP contribution in [0.2, 0.25) is 0 Å². The standard InChI is InChI=1S/C18H16FNO2/c1-11-7-8-14-13(10-22-18(14)12(11)2)9-17(21)20-16-6-4-3-5-15(16)19/h3-8,10H,9H2,1-2H3,(H,20,21). The second-order valence-corrected chi connectivity index (χ2v) is 5.35. The third-order valence-electron chi connectivity index (χ3n) is 3.84. The van der Waals surface area contributed by atoms with Gasteiger partial charge in [-0.1, -0.05) is 24.3 Å². The maximum absolute atomic E-state index is 13.5. The van der Waals surface area contributed by atoms with Gasteiger partial charge in [-0.3, -0.25) is 4.79 Å². The molecule has 3 aromatic rings. The Kier molecular flexibility index (Phi) is 3.67. The van der Waals surface area contributed by atoms with Gasteiger partial charge in [0, 0.05) is 10.9 Å². The van der Waals surface area contributed by atoms with Crippen LogP contribution in [0.15, 0.2) is 47.1 Å². The summed E-state index contributed by atoms with van der Waals surface area (Å²) in [6, 6.07) is 10.1. The number of furan rings is 1. The quantitative estimate of drug-likeness (QED) is 0.780. The number of amides is 1. The van der Waals surface area contributed by atoms with Crippen LogP contribution in [-0.2, 0) is 11.2 Å². The van der Waals surface area contributed by atoms with Crippen LogP contribution in [0.3, 0.4) is 0 Å². The van der Waals surface area contributed by atoms with Crippen LogP contribution < -0.4 is 5.32 Å². The average Bonchev–Trinajstić information content (AvgIpc) is 2.89. The molecule has 0 saturated carbocycles. The molecule has 1 heterocycles. The molecular formula is C18H16FNO2.